The first-order valence-corrected chi connectivity index (χ1v) is 10.8. The van der Waals surface area contributed by atoms with Crippen molar-refractivity contribution in [2.75, 3.05) is 13.2 Å². The highest BCUT2D eigenvalue weighted by molar-refractivity contribution is 5.85. The van der Waals surface area contributed by atoms with E-state index in [9.17, 15) is 0 Å². The Morgan fingerprint density at radius 3 is 2.80 bits per heavy atom. The average Bonchev–Trinajstić information content (AvgIpc) is 3.38. The Bertz CT molecular complexity index is 1160. The van der Waals surface area contributed by atoms with Crippen LogP contribution in [-0.4, -0.2) is 32.6 Å². The molecule has 0 bridgehead atoms. The molecule has 2 aromatic carbocycles. The maximum absolute atomic E-state index is 6.05. The van der Waals surface area contributed by atoms with Crippen LogP contribution in [0.2, 0.25) is 0 Å². The van der Waals surface area contributed by atoms with Gasteiger partial charge in [0, 0.05) is 47.6 Å². The van der Waals surface area contributed by atoms with E-state index in [2.05, 4.69) is 81.1 Å². The molecule has 1 atom stereocenters. The van der Waals surface area contributed by atoms with Crippen LogP contribution in [0, 0.1) is 0 Å². The molecular weight excluding hydrogens is 372 g/mol. The number of imidazole rings is 1. The third kappa shape index (κ3) is 3.19. The van der Waals surface area contributed by atoms with E-state index < -0.39 is 0 Å². The largest absolute Gasteiger partial charge is 0.494 e. The zero-order valence-corrected chi connectivity index (χ0v) is 17.6. The van der Waals surface area contributed by atoms with Gasteiger partial charge in [-0.05, 0) is 38.0 Å². The molecule has 0 spiro atoms. The highest BCUT2D eigenvalue weighted by Gasteiger charge is 2.34. The molecule has 1 aliphatic heterocycles. The predicted octanol–water partition coefficient (Wildman–Crippen LogP) is 4.93. The zero-order valence-electron chi connectivity index (χ0n) is 17.6. The van der Waals surface area contributed by atoms with Crippen molar-refractivity contribution in [3.05, 3.63) is 83.6 Å². The Morgan fingerprint density at radius 2 is 1.93 bits per heavy atom. The molecule has 0 saturated carbocycles. The summed E-state index contributed by atoms with van der Waals surface area (Å²) in [4.78, 5) is 10.9. The summed E-state index contributed by atoms with van der Waals surface area (Å²) in [6.07, 6.45) is 5.00. The number of nitrogens with zero attached hydrogens (tertiary/aromatic N) is 3. The third-order valence-corrected chi connectivity index (χ3v) is 6.13. The second kappa shape index (κ2) is 8.00. The summed E-state index contributed by atoms with van der Waals surface area (Å²) in [5.41, 5.74) is 5.13. The zero-order chi connectivity index (χ0) is 20.5. The highest BCUT2D eigenvalue weighted by atomic mass is 16.5. The van der Waals surface area contributed by atoms with Crippen LogP contribution < -0.4 is 4.74 Å². The standard InChI is InChI=1S/C25H28N4O/c1-3-28-16-14-26-23(28)17-29-15-13-19-18-9-5-7-11-21(18)27-24(19)25(29)20-10-6-8-12-22(20)30-4-2/h5-12,14,16,25,27H,3-4,13,15,17H2,1-2H3. The number of benzene rings is 2. The van der Waals surface area contributed by atoms with Crippen molar-refractivity contribution in [3.8, 4) is 5.75 Å². The summed E-state index contributed by atoms with van der Waals surface area (Å²) in [5, 5.41) is 1.33. The number of para-hydroxylation sites is 2. The van der Waals surface area contributed by atoms with Gasteiger partial charge in [-0.2, -0.15) is 0 Å². The van der Waals surface area contributed by atoms with Gasteiger partial charge in [0.15, 0.2) is 0 Å². The Hall–Kier alpha value is -3.05. The van der Waals surface area contributed by atoms with E-state index in [0.717, 1.165) is 37.6 Å². The second-order valence-corrected chi connectivity index (χ2v) is 7.79. The van der Waals surface area contributed by atoms with Gasteiger partial charge in [-0.3, -0.25) is 4.90 Å². The topological polar surface area (TPSA) is 46.1 Å². The lowest BCUT2D eigenvalue weighted by Crippen LogP contribution is -2.36. The van der Waals surface area contributed by atoms with E-state index >= 15 is 0 Å². The molecule has 1 aliphatic rings. The van der Waals surface area contributed by atoms with Crippen LogP contribution in [-0.2, 0) is 19.5 Å². The van der Waals surface area contributed by atoms with Crippen LogP contribution >= 0.6 is 0 Å². The quantitative estimate of drug-likeness (QED) is 0.499. The van der Waals surface area contributed by atoms with Crippen LogP contribution in [0.1, 0.15) is 42.5 Å². The number of aryl methyl sites for hydroxylation is 1. The summed E-state index contributed by atoms with van der Waals surface area (Å²) >= 11 is 0. The number of rotatable bonds is 6. The summed E-state index contributed by atoms with van der Waals surface area (Å²) < 4.78 is 8.27. The van der Waals surface area contributed by atoms with E-state index in [1.54, 1.807) is 0 Å². The molecule has 0 fully saturated rings. The van der Waals surface area contributed by atoms with Crippen molar-refractivity contribution in [1.29, 1.82) is 0 Å². The molecule has 4 aromatic rings. The maximum Gasteiger partial charge on any atom is 0.124 e. The number of hydrogen-bond donors (Lipinski definition) is 1. The number of H-pyrrole nitrogens is 1. The minimum absolute atomic E-state index is 0.103. The summed E-state index contributed by atoms with van der Waals surface area (Å²) in [7, 11) is 0. The first-order chi connectivity index (χ1) is 14.8. The molecule has 1 N–H and O–H groups in total. The number of hydrogen-bond acceptors (Lipinski definition) is 3. The normalized spacial score (nSPS) is 16.7. The first kappa shape index (κ1) is 18.9. The van der Waals surface area contributed by atoms with Crippen molar-refractivity contribution in [3.63, 3.8) is 0 Å². The van der Waals surface area contributed by atoms with Crippen LogP contribution in [0.25, 0.3) is 10.9 Å². The van der Waals surface area contributed by atoms with Crippen LogP contribution in [0.4, 0.5) is 0 Å². The van der Waals surface area contributed by atoms with E-state index in [-0.39, 0.29) is 6.04 Å². The fourth-order valence-electron chi connectivity index (χ4n) is 4.77. The molecule has 0 radical (unpaired) electrons. The van der Waals surface area contributed by atoms with Gasteiger partial charge in [0.05, 0.1) is 19.2 Å². The lowest BCUT2D eigenvalue weighted by atomic mass is 9.91. The molecule has 30 heavy (non-hydrogen) atoms. The molecule has 154 valence electrons. The molecule has 0 saturated heterocycles. The van der Waals surface area contributed by atoms with E-state index in [1.807, 2.05) is 13.1 Å². The monoisotopic (exact) mass is 400 g/mol. The highest BCUT2D eigenvalue weighted by Crippen LogP contribution is 2.41. The van der Waals surface area contributed by atoms with Crippen LogP contribution in [0.15, 0.2) is 60.9 Å². The van der Waals surface area contributed by atoms with E-state index in [4.69, 9.17) is 4.74 Å². The fourth-order valence-corrected chi connectivity index (χ4v) is 4.77. The van der Waals surface area contributed by atoms with Crippen molar-refractivity contribution in [1.82, 2.24) is 19.4 Å². The number of ether oxygens (including phenoxy) is 1. The number of aromatic amines is 1. The van der Waals surface area contributed by atoms with Crippen LogP contribution in [0.5, 0.6) is 5.75 Å². The average molecular weight is 401 g/mol. The molecule has 0 aliphatic carbocycles. The number of aromatic nitrogens is 3. The Kier molecular flexibility index (Phi) is 5.05. The van der Waals surface area contributed by atoms with Crippen molar-refractivity contribution >= 4 is 10.9 Å². The van der Waals surface area contributed by atoms with Gasteiger partial charge in [-0.1, -0.05) is 36.4 Å². The lowest BCUT2D eigenvalue weighted by Gasteiger charge is -2.36. The molecule has 3 heterocycles. The Balaban J connectivity index is 1.64. The van der Waals surface area contributed by atoms with E-state index in [0.29, 0.717) is 6.61 Å². The maximum atomic E-state index is 6.05. The van der Waals surface area contributed by atoms with Gasteiger partial charge >= 0.3 is 0 Å². The molecule has 1 unspecified atom stereocenters. The molecule has 5 nitrogen and oxygen atoms in total. The van der Waals surface area contributed by atoms with Gasteiger partial charge in [0.25, 0.3) is 0 Å². The van der Waals surface area contributed by atoms with Gasteiger partial charge in [0.2, 0.25) is 0 Å². The first-order valence-electron chi connectivity index (χ1n) is 10.8. The molecule has 2 aromatic heterocycles. The summed E-state index contributed by atoms with van der Waals surface area (Å²) in [6, 6.07) is 17.2. The summed E-state index contributed by atoms with van der Waals surface area (Å²) in [6.45, 7) is 7.59. The minimum atomic E-state index is 0.103. The second-order valence-electron chi connectivity index (χ2n) is 7.79. The Labute approximate surface area is 177 Å². The van der Waals surface area contributed by atoms with Gasteiger partial charge in [-0.25, -0.2) is 4.98 Å². The van der Waals surface area contributed by atoms with Crippen LogP contribution in [0.3, 0.4) is 0 Å². The van der Waals surface area contributed by atoms with E-state index in [1.165, 1.54) is 27.7 Å². The van der Waals surface area contributed by atoms with Crippen molar-refractivity contribution in [2.24, 2.45) is 0 Å². The fraction of sp³-hybridized carbons (Fsp3) is 0.320. The van der Waals surface area contributed by atoms with Gasteiger partial charge < -0.3 is 14.3 Å². The van der Waals surface area contributed by atoms with Gasteiger partial charge in [0.1, 0.15) is 11.6 Å². The molecule has 5 heteroatoms. The minimum Gasteiger partial charge on any atom is -0.494 e. The van der Waals surface area contributed by atoms with Crippen molar-refractivity contribution < 1.29 is 4.74 Å². The Morgan fingerprint density at radius 1 is 1.10 bits per heavy atom. The van der Waals surface area contributed by atoms with Crippen molar-refractivity contribution in [2.45, 2.75) is 39.4 Å². The predicted molar refractivity (Wildman–Crippen MR) is 120 cm³/mol. The smallest absolute Gasteiger partial charge is 0.124 e. The molecular formula is C25H28N4O. The van der Waals surface area contributed by atoms with Gasteiger partial charge in [-0.15, -0.1) is 0 Å². The molecule has 0 amide bonds. The number of fused-ring (bicyclic) bond motifs is 3. The SMILES string of the molecule is CCOc1ccccc1C1c2[nH]c3ccccc3c2CCN1Cc1nccn1CC. The number of nitrogens with one attached hydrogen (secondary N) is 1. The summed E-state index contributed by atoms with van der Waals surface area (Å²) in [5.74, 6) is 2.07. The lowest BCUT2D eigenvalue weighted by molar-refractivity contribution is 0.190. The molecule has 5 rings (SSSR count). The third-order valence-electron chi connectivity index (χ3n) is 6.13.